The van der Waals surface area contributed by atoms with E-state index in [9.17, 15) is 4.79 Å². The second kappa shape index (κ2) is 8.84. The molecule has 2 aliphatic rings. The number of hydrogen-bond donors (Lipinski definition) is 0. The van der Waals surface area contributed by atoms with Gasteiger partial charge in [-0.05, 0) is 50.6 Å². The molecule has 2 aromatic rings. The maximum atomic E-state index is 13.1. The van der Waals surface area contributed by atoms with Crippen LogP contribution in [-0.2, 0) is 11.3 Å². The third kappa shape index (κ3) is 4.42. The largest absolute Gasteiger partial charge is 0.378 e. The topological polar surface area (TPSA) is 45.7 Å². The van der Waals surface area contributed by atoms with Crippen molar-refractivity contribution in [2.75, 3.05) is 39.4 Å². The van der Waals surface area contributed by atoms with Crippen molar-refractivity contribution >= 4 is 5.91 Å². The molecule has 0 radical (unpaired) electrons. The lowest BCUT2D eigenvalue weighted by Gasteiger charge is -2.33. The lowest BCUT2D eigenvalue weighted by atomic mass is 9.89. The Kier molecular flexibility index (Phi) is 6.03. The molecule has 3 heterocycles. The average Bonchev–Trinajstić information content (AvgIpc) is 2.75. The molecule has 1 amide bonds. The fourth-order valence-corrected chi connectivity index (χ4v) is 4.21. The molecule has 0 saturated carbocycles. The van der Waals surface area contributed by atoms with Gasteiger partial charge in [-0.2, -0.15) is 0 Å². The summed E-state index contributed by atoms with van der Waals surface area (Å²) < 4.78 is 5.40. The van der Waals surface area contributed by atoms with E-state index in [-0.39, 0.29) is 5.91 Å². The van der Waals surface area contributed by atoms with Gasteiger partial charge >= 0.3 is 0 Å². The molecule has 2 fully saturated rings. The summed E-state index contributed by atoms with van der Waals surface area (Å²) in [5.41, 5.74) is 4.13. The number of rotatable bonds is 4. The van der Waals surface area contributed by atoms with Crippen LogP contribution in [0.4, 0.5) is 0 Å². The lowest BCUT2D eigenvalue weighted by Crippen LogP contribution is -2.41. The highest BCUT2D eigenvalue weighted by Crippen LogP contribution is 2.30. The third-order valence-corrected chi connectivity index (χ3v) is 5.82. The number of piperidine rings is 1. The molecule has 5 nitrogen and oxygen atoms in total. The number of aromatic nitrogens is 1. The number of carbonyl (C=O) groups is 1. The van der Waals surface area contributed by atoms with Gasteiger partial charge in [0.25, 0.3) is 5.91 Å². The van der Waals surface area contributed by atoms with Crippen LogP contribution in [0.3, 0.4) is 0 Å². The van der Waals surface area contributed by atoms with E-state index in [2.05, 4.69) is 35.2 Å². The predicted octanol–water partition coefficient (Wildman–Crippen LogP) is 3.24. The maximum Gasteiger partial charge on any atom is 0.255 e. The standard InChI is InChI=1S/C23H29N3O2/c1-18-7-8-21(23(27)26-13-15-28-16-14-26)22(24-18)20-9-11-25(12-10-20)17-19-5-3-2-4-6-19/h2-8,20H,9-17H2,1H3. The molecule has 0 bridgehead atoms. The Morgan fingerprint density at radius 3 is 2.46 bits per heavy atom. The van der Waals surface area contributed by atoms with Gasteiger partial charge in [-0.15, -0.1) is 0 Å². The molecule has 0 aliphatic carbocycles. The van der Waals surface area contributed by atoms with Gasteiger partial charge in [-0.3, -0.25) is 14.7 Å². The van der Waals surface area contributed by atoms with Crippen molar-refractivity contribution in [3.63, 3.8) is 0 Å². The third-order valence-electron chi connectivity index (χ3n) is 5.82. The summed E-state index contributed by atoms with van der Waals surface area (Å²) in [6.45, 7) is 7.67. The highest BCUT2D eigenvalue weighted by molar-refractivity contribution is 5.95. The van der Waals surface area contributed by atoms with Gasteiger partial charge in [0.2, 0.25) is 0 Å². The predicted molar refractivity (Wildman–Crippen MR) is 109 cm³/mol. The minimum Gasteiger partial charge on any atom is -0.378 e. The van der Waals surface area contributed by atoms with Gasteiger partial charge in [0.05, 0.1) is 24.5 Å². The normalized spacial score (nSPS) is 19.0. The zero-order valence-electron chi connectivity index (χ0n) is 16.6. The Balaban J connectivity index is 1.45. The number of benzene rings is 1. The van der Waals surface area contributed by atoms with Crippen LogP contribution in [0.15, 0.2) is 42.5 Å². The summed E-state index contributed by atoms with van der Waals surface area (Å²) >= 11 is 0. The quantitative estimate of drug-likeness (QED) is 0.818. The first-order chi connectivity index (χ1) is 13.7. The van der Waals surface area contributed by atoms with Crippen molar-refractivity contribution in [3.05, 3.63) is 65.0 Å². The van der Waals surface area contributed by atoms with Crippen LogP contribution in [0.5, 0.6) is 0 Å². The van der Waals surface area contributed by atoms with Crippen molar-refractivity contribution in [3.8, 4) is 0 Å². The number of aryl methyl sites for hydroxylation is 1. The minimum absolute atomic E-state index is 0.109. The Labute approximate surface area is 167 Å². The number of nitrogens with zero attached hydrogens (tertiary/aromatic N) is 3. The van der Waals surface area contributed by atoms with Crippen molar-refractivity contribution < 1.29 is 9.53 Å². The molecule has 2 aliphatic heterocycles. The van der Waals surface area contributed by atoms with E-state index < -0.39 is 0 Å². The van der Waals surface area contributed by atoms with Crippen molar-refractivity contribution in [2.45, 2.75) is 32.2 Å². The van der Waals surface area contributed by atoms with E-state index in [1.165, 1.54) is 5.56 Å². The monoisotopic (exact) mass is 379 g/mol. The maximum absolute atomic E-state index is 13.1. The van der Waals surface area contributed by atoms with Gasteiger partial charge in [-0.1, -0.05) is 30.3 Å². The molecule has 1 aromatic heterocycles. The Morgan fingerprint density at radius 1 is 1.04 bits per heavy atom. The first-order valence-corrected chi connectivity index (χ1v) is 10.3. The molecule has 1 aromatic carbocycles. The van der Waals surface area contributed by atoms with Crippen molar-refractivity contribution in [1.29, 1.82) is 0 Å². The molecule has 0 unspecified atom stereocenters. The molecule has 0 atom stereocenters. The molecule has 28 heavy (non-hydrogen) atoms. The molecular weight excluding hydrogens is 350 g/mol. The Morgan fingerprint density at radius 2 is 1.75 bits per heavy atom. The second-order valence-electron chi connectivity index (χ2n) is 7.83. The molecule has 4 rings (SSSR count). The zero-order chi connectivity index (χ0) is 19.3. The fraction of sp³-hybridized carbons (Fsp3) is 0.478. The molecule has 2 saturated heterocycles. The number of ether oxygens (including phenoxy) is 1. The first kappa shape index (κ1) is 19.1. The van der Waals surface area contributed by atoms with E-state index in [1.807, 2.05) is 24.0 Å². The molecule has 148 valence electrons. The number of likely N-dealkylation sites (tertiary alicyclic amines) is 1. The van der Waals surface area contributed by atoms with Crippen LogP contribution in [0, 0.1) is 6.92 Å². The second-order valence-corrected chi connectivity index (χ2v) is 7.83. The lowest BCUT2D eigenvalue weighted by molar-refractivity contribution is 0.0301. The van der Waals surface area contributed by atoms with Crippen LogP contribution < -0.4 is 0 Å². The molecule has 5 heteroatoms. The number of carbonyl (C=O) groups excluding carboxylic acids is 1. The number of pyridine rings is 1. The van der Waals surface area contributed by atoms with Crippen LogP contribution in [0.2, 0.25) is 0 Å². The minimum atomic E-state index is 0.109. The van der Waals surface area contributed by atoms with Crippen LogP contribution in [0.1, 0.15) is 46.1 Å². The summed E-state index contributed by atoms with van der Waals surface area (Å²) in [4.78, 5) is 22.3. The number of morpholine rings is 1. The Bertz CT molecular complexity index is 795. The van der Waals surface area contributed by atoms with Gasteiger partial charge in [0.15, 0.2) is 0 Å². The van der Waals surface area contributed by atoms with Crippen LogP contribution in [0.25, 0.3) is 0 Å². The van der Waals surface area contributed by atoms with E-state index in [0.717, 1.165) is 49.4 Å². The SMILES string of the molecule is Cc1ccc(C(=O)N2CCOCC2)c(C2CCN(Cc3ccccc3)CC2)n1. The van der Waals surface area contributed by atoms with E-state index >= 15 is 0 Å². The summed E-state index contributed by atoms with van der Waals surface area (Å²) in [6.07, 6.45) is 2.10. The van der Waals surface area contributed by atoms with Crippen LogP contribution in [-0.4, -0.2) is 60.1 Å². The summed E-state index contributed by atoms with van der Waals surface area (Å²) in [6, 6.07) is 14.6. The van der Waals surface area contributed by atoms with Crippen molar-refractivity contribution in [2.24, 2.45) is 0 Å². The van der Waals surface area contributed by atoms with E-state index in [4.69, 9.17) is 9.72 Å². The molecule has 0 spiro atoms. The molecular formula is C23H29N3O2. The number of hydrogen-bond acceptors (Lipinski definition) is 4. The van der Waals surface area contributed by atoms with Gasteiger partial charge in [0, 0.05) is 31.2 Å². The summed E-state index contributed by atoms with van der Waals surface area (Å²) in [5.74, 6) is 0.462. The first-order valence-electron chi connectivity index (χ1n) is 10.3. The smallest absolute Gasteiger partial charge is 0.255 e. The summed E-state index contributed by atoms with van der Waals surface area (Å²) in [5, 5.41) is 0. The van der Waals surface area contributed by atoms with Gasteiger partial charge < -0.3 is 9.64 Å². The summed E-state index contributed by atoms with van der Waals surface area (Å²) in [7, 11) is 0. The average molecular weight is 380 g/mol. The van der Waals surface area contributed by atoms with Crippen molar-refractivity contribution in [1.82, 2.24) is 14.8 Å². The van der Waals surface area contributed by atoms with Gasteiger partial charge in [0.1, 0.15) is 0 Å². The van der Waals surface area contributed by atoms with E-state index in [1.54, 1.807) is 0 Å². The van der Waals surface area contributed by atoms with E-state index in [0.29, 0.717) is 32.2 Å². The van der Waals surface area contributed by atoms with Crippen LogP contribution >= 0.6 is 0 Å². The molecule has 0 N–H and O–H groups in total. The van der Waals surface area contributed by atoms with Gasteiger partial charge in [-0.25, -0.2) is 0 Å². The Hall–Kier alpha value is -2.24. The zero-order valence-corrected chi connectivity index (χ0v) is 16.6. The highest BCUT2D eigenvalue weighted by Gasteiger charge is 2.28. The fourth-order valence-electron chi connectivity index (χ4n) is 4.21. The highest BCUT2D eigenvalue weighted by atomic mass is 16.5. The number of amides is 1.